The van der Waals surface area contributed by atoms with E-state index in [0.717, 1.165) is 17.7 Å². The van der Waals surface area contributed by atoms with Gasteiger partial charge in [-0.25, -0.2) is 0 Å². The molecule has 0 bridgehead atoms. The quantitative estimate of drug-likeness (QED) is 0.652. The van der Waals surface area contributed by atoms with E-state index in [9.17, 15) is 9.59 Å². The van der Waals surface area contributed by atoms with Gasteiger partial charge in [0.05, 0.1) is 0 Å². The summed E-state index contributed by atoms with van der Waals surface area (Å²) in [5.41, 5.74) is 3.65. The van der Waals surface area contributed by atoms with Crippen LogP contribution in [0.3, 0.4) is 0 Å². The number of benzene rings is 3. The molecule has 158 valence electrons. The fourth-order valence-electron chi connectivity index (χ4n) is 3.94. The van der Waals surface area contributed by atoms with Crippen molar-refractivity contribution in [2.24, 2.45) is 0 Å². The van der Waals surface area contributed by atoms with Crippen LogP contribution in [0.4, 0.5) is 5.69 Å². The Balaban J connectivity index is 1.41. The van der Waals surface area contributed by atoms with E-state index >= 15 is 0 Å². The molecule has 1 aliphatic heterocycles. The summed E-state index contributed by atoms with van der Waals surface area (Å²) in [6, 6.07) is 24.7. The largest absolute Gasteiger partial charge is 0.481 e. The summed E-state index contributed by atoms with van der Waals surface area (Å²) in [5.74, 6) is 0.222. The summed E-state index contributed by atoms with van der Waals surface area (Å²) in [6.07, 6.45) is 0.169. The molecule has 0 spiro atoms. The molecule has 1 heterocycles. The lowest BCUT2D eigenvalue weighted by Crippen LogP contribution is -2.43. The zero-order chi connectivity index (χ0) is 21.8. The number of fused-ring (bicyclic) bond motifs is 1. The normalized spacial score (nSPS) is 15.8. The van der Waals surface area contributed by atoms with Gasteiger partial charge >= 0.3 is 0 Å². The molecule has 3 aromatic carbocycles. The highest BCUT2D eigenvalue weighted by atomic mass is 16.5. The third kappa shape index (κ3) is 4.61. The van der Waals surface area contributed by atoms with Crippen LogP contribution in [0.2, 0.25) is 0 Å². The average molecular weight is 415 g/mol. The van der Waals surface area contributed by atoms with Crippen molar-refractivity contribution in [3.63, 3.8) is 0 Å². The minimum atomic E-state index is -0.670. The van der Waals surface area contributed by atoms with E-state index in [2.05, 4.69) is 11.4 Å². The highest BCUT2D eigenvalue weighted by molar-refractivity contribution is 5.99. The molecule has 5 nitrogen and oxygen atoms in total. The smallest absolute Gasteiger partial charge is 0.268 e. The van der Waals surface area contributed by atoms with Crippen molar-refractivity contribution in [1.29, 1.82) is 0 Å². The van der Waals surface area contributed by atoms with E-state index in [4.69, 9.17) is 4.74 Å². The van der Waals surface area contributed by atoms with Crippen molar-refractivity contribution in [2.75, 3.05) is 4.90 Å². The number of anilines is 1. The van der Waals surface area contributed by atoms with E-state index in [1.54, 1.807) is 31.2 Å². The van der Waals surface area contributed by atoms with Gasteiger partial charge in [0.15, 0.2) is 6.10 Å². The SMILES string of the molecule is C[C@H](Oc1cccc(C(=O)NCc2ccccc2)c1)C(=O)N1c2ccccc2C[C@H]1C. The van der Waals surface area contributed by atoms with E-state index in [-0.39, 0.29) is 17.9 Å². The Morgan fingerprint density at radius 2 is 1.77 bits per heavy atom. The lowest BCUT2D eigenvalue weighted by Gasteiger charge is -2.26. The highest BCUT2D eigenvalue weighted by Gasteiger charge is 2.33. The molecule has 1 N–H and O–H groups in total. The summed E-state index contributed by atoms with van der Waals surface area (Å²) < 4.78 is 5.93. The van der Waals surface area contributed by atoms with Crippen LogP contribution in [0, 0.1) is 0 Å². The van der Waals surface area contributed by atoms with Gasteiger partial charge in [0, 0.05) is 23.8 Å². The topological polar surface area (TPSA) is 58.6 Å². The first kappa shape index (κ1) is 20.7. The Morgan fingerprint density at radius 3 is 2.58 bits per heavy atom. The number of rotatable bonds is 6. The van der Waals surface area contributed by atoms with Gasteiger partial charge in [-0.1, -0.05) is 54.6 Å². The molecule has 0 saturated carbocycles. The number of amides is 2. The zero-order valence-electron chi connectivity index (χ0n) is 17.7. The average Bonchev–Trinajstić information content (AvgIpc) is 3.13. The van der Waals surface area contributed by atoms with Gasteiger partial charge in [-0.05, 0) is 55.7 Å². The molecule has 31 heavy (non-hydrogen) atoms. The second-order valence-electron chi connectivity index (χ2n) is 7.85. The third-order valence-electron chi connectivity index (χ3n) is 5.50. The van der Waals surface area contributed by atoms with Crippen LogP contribution in [0.25, 0.3) is 0 Å². The molecule has 0 unspecified atom stereocenters. The van der Waals surface area contributed by atoms with Crippen molar-refractivity contribution in [1.82, 2.24) is 5.32 Å². The number of nitrogens with zero attached hydrogens (tertiary/aromatic N) is 1. The van der Waals surface area contributed by atoms with Crippen molar-refractivity contribution in [2.45, 2.75) is 39.0 Å². The predicted octanol–water partition coefficient (Wildman–Crippen LogP) is 4.36. The van der Waals surface area contributed by atoms with Gasteiger partial charge in [0.25, 0.3) is 11.8 Å². The number of hydrogen-bond acceptors (Lipinski definition) is 3. The summed E-state index contributed by atoms with van der Waals surface area (Å²) >= 11 is 0. The van der Waals surface area contributed by atoms with Gasteiger partial charge in [-0.15, -0.1) is 0 Å². The fourth-order valence-corrected chi connectivity index (χ4v) is 3.94. The number of carbonyl (C=O) groups excluding carboxylic acids is 2. The van der Waals surface area contributed by atoms with Crippen molar-refractivity contribution in [3.8, 4) is 5.75 Å². The van der Waals surface area contributed by atoms with Crippen molar-refractivity contribution < 1.29 is 14.3 Å². The molecule has 0 aliphatic carbocycles. The Kier molecular flexibility index (Phi) is 6.03. The van der Waals surface area contributed by atoms with Crippen LogP contribution in [0.5, 0.6) is 5.75 Å². The summed E-state index contributed by atoms with van der Waals surface area (Å²) in [4.78, 5) is 27.5. The first-order valence-electron chi connectivity index (χ1n) is 10.5. The molecular formula is C26H26N2O3. The minimum absolute atomic E-state index is 0.0867. The summed E-state index contributed by atoms with van der Waals surface area (Å²) in [7, 11) is 0. The van der Waals surface area contributed by atoms with Gasteiger partial charge in [0.2, 0.25) is 0 Å². The Labute approximate surface area is 182 Å². The Bertz CT molecular complexity index is 1080. The van der Waals surface area contributed by atoms with E-state index in [0.29, 0.717) is 17.9 Å². The first-order chi connectivity index (χ1) is 15.0. The molecule has 0 saturated heterocycles. The standard InChI is InChI=1S/C26H26N2O3/c1-18-15-21-11-6-7-14-24(21)28(18)26(30)19(2)31-23-13-8-12-22(16-23)25(29)27-17-20-9-4-3-5-10-20/h3-14,16,18-19H,15,17H2,1-2H3,(H,27,29)/t18-,19+/m1/s1. The van der Waals surface area contributed by atoms with E-state index in [1.807, 2.05) is 60.4 Å². The molecule has 1 aliphatic rings. The molecule has 2 amide bonds. The summed E-state index contributed by atoms with van der Waals surface area (Å²) in [5, 5.41) is 2.91. The number of ether oxygens (including phenoxy) is 1. The molecule has 3 aromatic rings. The van der Waals surface area contributed by atoms with Gasteiger partial charge in [-0.2, -0.15) is 0 Å². The van der Waals surface area contributed by atoms with Crippen LogP contribution in [-0.2, 0) is 17.8 Å². The molecule has 0 fully saturated rings. The van der Waals surface area contributed by atoms with Crippen LogP contribution < -0.4 is 15.0 Å². The zero-order valence-corrected chi connectivity index (χ0v) is 17.7. The molecule has 0 aromatic heterocycles. The second-order valence-corrected chi connectivity index (χ2v) is 7.85. The van der Waals surface area contributed by atoms with Crippen LogP contribution in [0.15, 0.2) is 78.9 Å². The van der Waals surface area contributed by atoms with Crippen molar-refractivity contribution >= 4 is 17.5 Å². The Hall–Kier alpha value is -3.60. The van der Waals surface area contributed by atoms with Crippen LogP contribution in [-0.4, -0.2) is 24.0 Å². The number of para-hydroxylation sites is 1. The fraction of sp³-hybridized carbons (Fsp3) is 0.231. The maximum absolute atomic E-state index is 13.1. The highest BCUT2D eigenvalue weighted by Crippen LogP contribution is 2.32. The van der Waals surface area contributed by atoms with Gasteiger partial charge in [-0.3, -0.25) is 9.59 Å². The van der Waals surface area contributed by atoms with Gasteiger partial charge in [0.1, 0.15) is 5.75 Å². The lowest BCUT2D eigenvalue weighted by atomic mass is 10.1. The maximum Gasteiger partial charge on any atom is 0.268 e. The van der Waals surface area contributed by atoms with Gasteiger partial charge < -0.3 is 15.0 Å². The molecule has 0 radical (unpaired) electrons. The van der Waals surface area contributed by atoms with Crippen LogP contribution >= 0.6 is 0 Å². The molecule has 2 atom stereocenters. The monoisotopic (exact) mass is 414 g/mol. The predicted molar refractivity (Wildman–Crippen MR) is 121 cm³/mol. The molecule has 4 rings (SSSR count). The van der Waals surface area contributed by atoms with E-state index < -0.39 is 6.10 Å². The maximum atomic E-state index is 13.1. The number of nitrogens with one attached hydrogen (secondary N) is 1. The second kappa shape index (κ2) is 9.04. The Morgan fingerprint density at radius 1 is 1.03 bits per heavy atom. The number of carbonyl (C=O) groups is 2. The minimum Gasteiger partial charge on any atom is -0.481 e. The first-order valence-corrected chi connectivity index (χ1v) is 10.5. The molecule has 5 heteroatoms. The lowest BCUT2D eigenvalue weighted by molar-refractivity contribution is -0.124. The summed E-state index contributed by atoms with van der Waals surface area (Å²) in [6.45, 7) is 4.24. The molecular weight excluding hydrogens is 388 g/mol. The number of hydrogen-bond donors (Lipinski definition) is 1. The van der Waals surface area contributed by atoms with E-state index in [1.165, 1.54) is 5.56 Å². The van der Waals surface area contributed by atoms with Crippen molar-refractivity contribution in [3.05, 3.63) is 95.6 Å². The van der Waals surface area contributed by atoms with Crippen LogP contribution in [0.1, 0.15) is 35.3 Å². The third-order valence-corrected chi connectivity index (χ3v) is 5.50.